The fourth-order valence-corrected chi connectivity index (χ4v) is 1.89. The van der Waals surface area contributed by atoms with Crippen molar-refractivity contribution in [1.82, 2.24) is 34.6 Å². The van der Waals surface area contributed by atoms with E-state index in [9.17, 15) is 0 Å². The Morgan fingerprint density at radius 2 is 2.12 bits per heavy atom. The highest BCUT2D eigenvalue weighted by molar-refractivity contribution is 6.36. The number of fused-ring (bicyclic) bond motifs is 1. The summed E-state index contributed by atoms with van der Waals surface area (Å²) in [5.41, 5.74) is 0.416. The van der Waals surface area contributed by atoms with Gasteiger partial charge in [0.15, 0.2) is 10.3 Å². The van der Waals surface area contributed by atoms with Crippen molar-refractivity contribution < 1.29 is 0 Å². The van der Waals surface area contributed by atoms with Gasteiger partial charge in [0, 0.05) is 0 Å². The van der Waals surface area contributed by atoms with E-state index in [-0.39, 0.29) is 10.3 Å². The average molecular weight is 256 g/mol. The summed E-state index contributed by atoms with van der Waals surface area (Å²) in [4.78, 5) is 7.92. The van der Waals surface area contributed by atoms with Gasteiger partial charge in [0.05, 0.1) is 12.4 Å². The lowest BCUT2D eigenvalue weighted by Crippen LogP contribution is -2.04. The molecule has 9 heteroatoms. The Morgan fingerprint density at radius 3 is 2.88 bits per heavy atom. The molecule has 16 heavy (non-hydrogen) atoms. The Labute approximate surface area is 98.6 Å². The van der Waals surface area contributed by atoms with Crippen molar-refractivity contribution in [3.8, 4) is 5.69 Å². The van der Waals surface area contributed by atoms with Gasteiger partial charge in [-0.25, -0.2) is 4.68 Å². The first-order valence-electron chi connectivity index (χ1n) is 4.19. The van der Waals surface area contributed by atoms with E-state index >= 15 is 0 Å². The van der Waals surface area contributed by atoms with E-state index in [1.165, 1.54) is 21.7 Å². The normalized spacial score (nSPS) is 11.1. The van der Waals surface area contributed by atoms with Crippen LogP contribution in [0, 0.1) is 0 Å². The molecular formula is C7H3Cl2N7. The smallest absolute Gasteiger partial charge is 0.214 e. The molecule has 0 atom stereocenters. The molecule has 0 amide bonds. The molecule has 0 fully saturated rings. The van der Waals surface area contributed by atoms with Gasteiger partial charge in [0.2, 0.25) is 0 Å². The summed E-state index contributed by atoms with van der Waals surface area (Å²) < 4.78 is 2.78. The summed E-state index contributed by atoms with van der Waals surface area (Å²) in [6.45, 7) is 0. The number of halogens is 2. The summed E-state index contributed by atoms with van der Waals surface area (Å²) in [5.74, 6) is 0.332. The minimum Gasteiger partial charge on any atom is -0.214 e. The Kier molecular flexibility index (Phi) is 2.01. The summed E-state index contributed by atoms with van der Waals surface area (Å²) in [5, 5.41) is 11.9. The number of hydrogen-bond acceptors (Lipinski definition) is 5. The van der Waals surface area contributed by atoms with Crippen molar-refractivity contribution in [1.29, 1.82) is 0 Å². The van der Waals surface area contributed by atoms with Gasteiger partial charge in [-0.15, -0.1) is 5.10 Å². The standard InChI is InChI=1S/C7H3Cl2N7/c8-5-4(15-2-1-11-14-15)6(9)16-7(13-5)10-3-12-16/h1-3H. The molecule has 0 saturated heterocycles. The van der Waals surface area contributed by atoms with Crippen LogP contribution in [0.15, 0.2) is 18.7 Å². The molecule has 3 aromatic heterocycles. The quantitative estimate of drug-likeness (QED) is 0.607. The highest BCUT2D eigenvalue weighted by atomic mass is 35.5. The van der Waals surface area contributed by atoms with Gasteiger partial charge in [-0.3, -0.25) is 0 Å². The second-order valence-electron chi connectivity index (χ2n) is 2.86. The molecule has 0 radical (unpaired) electrons. The summed E-state index contributed by atoms with van der Waals surface area (Å²) in [6, 6.07) is 0. The molecular weight excluding hydrogens is 253 g/mol. The molecule has 0 N–H and O–H groups in total. The molecule has 7 nitrogen and oxygen atoms in total. The van der Waals surface area contributed by atoms with Crippen LogP contribution in [0.4, 0.5) is 0 Å². The van der Waals surface area contributed by atoms with Crippen molar-refractivity contribution in [2.24, 2.45) is 0 Å². The molecule has 0 saturated carbocycles. The van der Waals surface area contributed by atoms with E-state index in [0.717, 1.165) is 0 Å². The molecule has 3 aromatic rings. The molecule has 80 valence electrons. The van der Waals surface area contributed by atoms with E-state index in [4.69, 9.17) is 23.2 Å². The van der Waals surface area contributed by atoms with Crippen molar-refractivity contribution >= 4 is 29.0 Å². The molecule has 0 aliphatic rings. The van der Waals surface area contributed by atoms with E-state index in [2.05, 4.69) is 25.4 Å². The molecule has 0 bridgehead atoms. The zero-order chi connectivity index (χ0) is 11.1. The Balaban J connectivity index is 2.39. The highest BCUT2D eigenvalue weighted by Crippen LogP contribution is 2.25. The van der Waals surface area contributed by atoms with Crippen molar-refractivity contribution in [2.45, 2.75) is 0 Å². The first-order chi connectivity index (χ1) is 7.77. The maximum Gasteiger partial charge on any atom is 0.255 e. The van der Waals surface area contributed by atoms with Gasteiger partial charge in [-0.2, -0.15) is 19.6 Å². The highest BCUT2D eigenvalue weighted by Gasteiger charge is 2.15. The lowest BCUT2D eigenvalue weighted by molar-refractivity contribution is 0.785. The molecule has 0 aromatic carbocycles. The van der Waals surface area contributed by atoms with Gasteiger partial charge in [0.1, 0.15) is 12.0 Å². The number of nitrogens with zero attached hydrogens (tertiary/aromatic N) is 7. The van der Waals surface area contributed by atoms with Crippen LogP contribution in [-0.2, 0) is 0 Å². The lowest BCUT2D eigenvalue weighted by Gasteiger charge is -2.05. The second-order valence-corrected chi connectivity index (χ2v) is 3.58. The molecule has 3 heterocycles. The Hall–Kier alpha value is -1.73. The summed E-state index contributed by atoms with van der Waals surface area (Å²) in [7, 11) is 0. The third-order valence-electron chi connectivity index (χ3n) is 1.96. The predicted octanol–water partition coefficient (Wildman–Crippen LogP) is 1.01. The molecule has 0 aliphatic carbocycles. The molecule has 3 rings (SSSR count). The molecule has 0 unspecified atom stereocenters. The minimum absolute atomic E-state index is 0.191. The Morgan fingerprint density at radius 1 is 1.25 bits per heavy atom. The monoisotopic (exact) mass is 255 g/mol. The molecule has 0 aliphatic heterocycles. The largest absolute Gasteiger partial charge is 0.255 e. The van der Waals surface area contributed by atoms with Crippen LogP contribution in [0.1, 0.15) is 0 Å². The third kappa shape index (κ3) is 1.25. The van der Waals surface area contributed by atoms with Crippen LogP contribution in [0.5, 0.6) is 0 Å². The summed E-state index contributed by atoms with van der Waals surface area (Å²) >= 11 is 12.1. The number of rotatable bonds is 1. The van der Waals surface area contributed by atoms with Crippen LogP contribution >= 0.6 is 23.2 Å². The van der Waals surface area contributed by atoms with Crippen molar-refractivity contribution in [2.75, 3.05) is 0 Å². The third-order valence-corrected chi connectivity index (χ3v) is 2.56. The van der Waals surface area contributed by atoms with Crippen molar-refractivity contribution in [3.05, 3.63) is 29.0 Å². The molecule has 0 spiro atoms. The Bertz CT molecular complexity index is 644. The van der Waals surface area contributed by atoms with Crippen LogP contribution in [0.2, 0.25) is 10.3 Å². The van der Waals surface area contributed by atoms with Crippen LogP contribution in [0.25, 0.3) is 11.5 Å². The fraction of sp³-hybridized carbons (Fsp3) is 0. The van der Waals surface area contributed by atoms with E-state index in [1.807, 2.05) is 0 Å². The number of aromatic nitrogens is 7. The fourth-order valence-electron chi connectivity index (χ4n) is 1.29. The first kappa shape index (κ1) is 9.49. The van der Waals surface area contributed by atoms with Crippen LogP contribution in [-0.4, -0.2) is 34.6 Å². The van der Waals surface area contributed by atoms with Crippen LogP contribution in [0.3, 0.4) is 0 Å². The maximum atomic E-state index is 6.13. The second kappa shape index (κ2) is 3.39. The first-order valence-corrected chi connectivity index (χ1v) is 4.94. The van der Waals surface area contributed by atoms with Gasteiger partial charge in [-0.1, -0.05) is 28.4 Å². The van der Waals surface area contributed by atoms with Gasteiger partial charge < -0.3 is 0 Å². The van der Waals surface area contributed by atoms with Gasteiger partial charge in [0.25, 0.3) is 5.78 Å². The SMILES string of the molecule is Clc1nc2ncnn2c(Cl)c1-n1ccnn1. The van der Waals surface area contributed by atoms with Crippen molar-refractivity contribution in [3.63, 3.8) is 0 Å². The van der Waals surface area contributed by atoms with E-state index < -0.39 is 0 Å². The predicted molar refractivity (Wildman–Crippen MR) is 55.7 cm³/mol. The zero-order valence-electron chi connectivity index (χ0n) is 7.62. The lowest BCUT2D eigenvalue weighted by atomic mass is 10.5. The average Bonchev–Trinajstić information content (AvgIpc) is 2.87. The number of hydrogen-bond donors (Lipinski definition) is 0. The summed E-state index contributed by atoms with van der Waals surface area (Å²) in [6.07, 6.45) is 4.46. The van der Waals surface area contributed by atoms with Gasteiger partial charge >= 0.3 is 0 Å². The van der Waals surface area contributed by atoms with E-state index in [1.54, 1.807) is 6.20 Å². The van der Waals surface area contributed by atoms with E-state index in [0.29, 0.717) is 11.5 Å². The maximum absolute atomic E-state index is 6.13. The zero-order valence-corrected chi connectivity index (χ0v) is 9.13. The van der Waals surface area contributed by atoms with Crippen LogP contribution < -0.4 is 0 Å². The van der Waals surface area contributed by atoms with Gasteiger partial charge in [-0.05, 0) is 0 Å². The topological polar surface area (TPSA) is 73.8 Å². The minimum atomic E-state index is 0.191.